The van der Waals surface area contributed by atoms with Crippen molar-refractivity contribution < 1.29 is 27.7 Å². The van der Waals surface area contributed by atoms with Crippen molar-refractivity contribution in [3.8, 4) is 0 Å². The van der Waals surface area contributed by atoms with Crippen molar-refractivity contribution in [1.29, 1.82) is 0 Å². The fraction of sp³-hybridized carbons (Fsp3) is 0.333. The van der Waals surface area contributed by atoms with Gasteiger partial charge in [-0.1, -0.05) is 18.2 Å². The highest BCUT2D eigenvalue weighted by molar-refractivity contribution is 5.98. The predicted molar refractivity (Wildman–Crippen MR) is 105 cm³/mol. The Labute approximate surface area is 176 Å². The first-order valence-corrected chi connectivity index (χ1v) is 9.65. The zero-order valence-electron chi connectivity index (χ0n) is 16.4. The van der Waals surface area contributed by atoms with Crippen LogP contribution in [0.25, 0.3) is 0 Å². The molecular formula is C21H20F3N3O4. The number of hydrogen-bond acceptors (Lipinski definition) is 4. The summed E-state index contributed by atoms with van der Waals surface area (Å²) in [5, 5.41) is 13.5. The van der Waals surface area contributed by atoms with Crippen molar-refractivity contribution in [2.24, 2.45) is 0 Å². The number of hydrogen-bond donors (Lipinski definition) is 1. The maximum absolute atomic E-state index is 13.0. The van der Waals surface area contributed by atoms with E-state index in [2.05, 4.69) is 5.32 Å². The van der Waals surface area contributed by atoms with E-state index in [1.54, 1.807) is 0 Å². The number of benzene rings is 2. The molecule has 164 valence electrons. The van der Waals surface area contributed by atoms with Crippen LogP contribution in [-0.4, -0.2) is 34.2 Å². The van der Waals surface area contributed by atoms with Gasteiger partial charge in [0, 0.05) is 30.8 Å². The van der Waals surface area contributed by atoms with E-state index in [-0.39, 0.29) is 17.8 Å². The number of rotatable bonds is 5. The van der Waals surface area contributed by atoms with Gasteiger partial charge < -0.3 is 10.2 Å². The van der Waals surface area contributed by atoms with Crippen molar-refractivity contribution in [2.45, 2.75) is 38.0 Å². The number of nitrogens with zero attached hydrogens (tertiary/aromatic N) is 2. The molecule has 1 aliphatic rings. The number of likely N-dealkylation sites (tertiary alicyclic amines) is 1. The summed E-state index contributed by atoms with van der Waals surface area (Å²) in [7, 11) is 0. The summed E-state index contributed by atoms with van der Waals surface area (Å²) in [6, 6.07) is 9.09. The number of carbonyl (C=O) groups excluding carboxylic acids is 2. The van der Waals surface area contributed by atoms with Crippen molar-refractivity contribution >= 4 is 17.5 Å². The number of alkyl halides is 3. The van der Waals surface area contributed by atoms with Gasteiger partial charge in [-0.2, -0.15) is 13.2 Å². The van der Waals surface area contributed by atoms with Crippen molar-refractivity contribution in [2.75, 3.05) is 6.54 Å². The summed E-state index contributed by atoms with van der Waals surface area (Å²) in [5.41, 5.74) is -0.640. The molecule has 2 amide bonds. The summed E-state index contributed by atoms with van der Waals surface area (Å²) < 4.78 is 38.9. The molecule has 0 spiro atoms. The molecule has 31 heavy (non-hydrogen) atoms. The molecule has 2 aromatic rings. The average Bonchev–Trinajstić information content (AvgIpc) is 2.89. The second-order valence-electron chi connectivity index (χ2n) is 7.29. The lowest BCUT2D eigenvalue weighted by molar-refractivity contribution is -0.384. The lowest BCUT2D eigenvalue weighted by Crippen LogP contribution is -2.47. The summed E-state index contributed by atoms with van der Waals surface area (Å²) in [4.78, 5) is 37.2. The second-order valence-corrected chi connectivity index (χ2v) is 7.29. The van der Waals surface area contributed by atoms with Gasteiger partial charge in [-0.25, -0.2) is 0 Å². The van der Waals surface area contributed by atoms with Crippen LogP contribution in [0.1, 0.15) is 40.7 Å². The van der Waals surface area contributed by atoms with E-state index in [4.69, 9.17) is 0 Å². The van der Waals surface area contributed by atoms with E-state index in [9.17, 15) is 32.9 Å². The van der Waals surface area contributed by atoms with Crippen LogP contribution in [0.2, 0.25) is 0 Å². The molecular weight excluding hydrogens is 415 g/mol. The summed E-state index contributed by atoms with van der Waals surface area (Å²) >= 11 is 0. The van der Waals surface area contributed by atoms with Crippen LogP contribution in [0.15, 0.2) is 48.5 Å². The molecule has 1 N–H and O–H groups in total. The molecule has 1 aliphatic heterocycles. The number of carbonyl (C=O) groups is 2. The monoisotopic (exact) mass is 435 g/mol. The number of nitrogens with one attached hydrogen (secondary N) is 1. The van der Waals surface area contributed by atoms with Gasteiger partial charge >= 0.3 is 6.18 Å². The van der Waals surface area contributed by atoms with E-state index >= 15 is 0 Å². The van der Waals surface area contributed by atoms with Crippen LogP contribution in [0.5, 0.6) is 0 Å². The highest BCUT2D eigenvalue weighted by Crippen LogP contribution is 2.30. The topological polar surface area (TPSA) is 92.6 Å². The van der Waals surface area contributed by atoms with Gasteiger partial charge in [0.15, 0.2) is 0 Å². The third-order valence-electron chi connectivity index (χ3n) is 5.03. The van der Waals surface area contributed by atoms with E-state index in [0.29, 0.717) is 31.4 Å². The molecule has 10 heteroatoms. The second kappa shape index (κ2) is 9.15. The molecule has 1 fully saturated rings. The molecule has 1 atom stereocenters. The van der Waals surface area contributed by atoms with Gasteiger partial charge in [-0.3, -0.25) is 19.7 Å². The largest absolute Gasteiger partial charge is 0.416 e. The molecule has 0 aliphatic carbocycles. The molecule has 2 aromatic carbocycles. The number of non-ortho nitro benzene ring substituents is 1. The van der Waals surface area contributed by atoms with Crippen LogP contribution in [0, 0.1) is 10.1 Å². The highest BCUT2D eigenvalue weighted by Gasteiger charge is 2.32. The van der Waals surface area contributed by atoms with Crippen LogP contribution in [0.4, 0.5) is 18.9 Å². The highest BCUT2D eigenvalue weighted by atomic mass is 19.4. The average molecular weight is 435 g/mol. The number of halogens is 3. The summed E-state index contributed by atoms with van der Waals surface area (Å²) in [5.74, 6) is -1.02. The Morgan fingerprint density at radius 3 is 2.61 bits per heavy atom. The Bertz CT molecular complexity index is 994. The van der Waals surface area contributed by atoms with Crippen LogP contribution in [0.3, 0.4) is 0 Å². The third-order valence-corrected chi connectivity index (χ3v) is 5.03. The maximum Gasteiger partial charge on any atom is 0.416 e. The fourth-order valence-corrected chi connectivity index (χ4v) is 3.46. The Morgan fingerprint density at radius 2 is 1.90 bits per heavy atom. The van der Waals surface area contributed by atoms with E-state index in [0.717, 1.165) is 18.2 Å². The standard InChI is InChI=1S/C21H20F3N3O4/c22-21(23,24)16-7-3-5-14(11-16)13-26-10-2-1-9-18(20(26)29)25-19(28)15-6-4-8-17(12-15)27(30)31/h3-8,11-12,18H,1-2,9-10,13H2,(H,25,28). The Kier molecular flexibility index (Phi) is 6.57. The summed E-state index contributed by atoms with van der Waals surface area (Å²) in [6.45, 7) is 0.351. The lowest BCUT2D eigenvalue weighted by atomic mass is 10.1. The molecule has 7 nitrogen and oxygen atoms in total. The molecule has 0 saturated carbocycles. The molecule has 0 bridgehead atoms. The van der Waals surface area contributed by atoms with Crippen LogP contribution in [-0.2, 0) is 17.5 Å². The minimum Gasteiger partial charge on any atom is -0.340 e. The minimum absolute atomic E-state index is 0.00800. The Balaban J connectivity index is 1.73. The minimum atomic E-state index is -4.48. The molecule has 1 heterocycles. The van der Waals surface area contributed by atoms with E-state index in [1.165, 1.54) is 35.2 Å². The fourth-order valence-electron chi connectivity index (χ4n) is 3.46. The zero-order chi connectivity index (χ0) is 22.6. The third kappa shape index (κ3) is 5.59. The number of nitro benzene ring substituents is 1. The Morgan fingerprint density at radius 1 is 1.16 bits per heavy atom. The first kappa shape index (κ1) is 22.3. The molecule has 0 aromatic heterocycles. The number of amides is 2. The van der Waals surface area contributed by atoms with Crippen molar-refractivity contribution in [3.63, 3.8) is 0 Å². The molecule has 3 rings (SSSR count). The SMILES string of the molecule is O=C(NC1CCCCN(Cc2cccc(C(F)(F)F)c2)C1=O)c1cccc([N+](=O)[O-])c1. The van der Waals surface area contributed by atoms with E-state index in [1.807, 2.05) is 0 Å². The molecule has 1 unspecified atom stereocenters. The van der Waals surface area contributed by atoms with Crippen molar-refractivity contribution in [1.82, 2.24) is 10.2 Å². The first-order valence-electron chi connectivity index (χ1n) is 9.65. The van der Waals surface area contributed by atoms with Crippen LogP contribution >= 0.6 is 0 Å². The molecule has 0 radical (unpaired) electrons. The normalized spacial score (nSPS) is 17.2. The first-order chi connectivity index (χ1) is 14.6. The predicted octanol–water partition coefficient (Wildman–Crippen LogP) is 3.92. The zero-order valence-corrected chi connectivity index (χ0v) is 16.4. The molecule has 1 saturated heterocycles. The van der Waals surface area contributed by atoms with Crippen molar-refractivity contribution in [3.05, 3.63) is 75.3 Å². The quantitative estimate of drug-likeness (QED) is 0.569. The lowest BCUT2D eigenvalue weighted by Gasteiger charge is -2.25. The van der Waals surface area contributed by atoms with Gasteiger partial charge in [0.2, 0.25) is 5.91 Å². The smallest absolute Gasteiger partial charge is 0.340 e. The van der Waals surface area contributed by atoms with Gasteiger partial charge in [0.05, 0.1) is 10.5 Å². The van der Waals surface area contributed by atoms with Crippen LogP contribution < -0.4 is 5.32 Å². The van der Waals surface area contributed by atoms with Gasteiger partial charge in [-0.15, -0.1) is 0 Å². The van der Waals surface area contributed by atoms with E-state index < -0.39 is 34.5 Å². The summed E-state index contributed by atoms with van der Waals surface area (Å²) in [6.07, 6.45) is -2.81. The van der Waals surface area contributed by atoms with Gasteiger partial charge in [0.1, 0.15) is 6.04 Å². The Hall–Kier alpha value is -3.43. The van der Waals surface area contributed by atoms with Gasteiger partial charge in [0.25, 0.3) is 11.6 Å². The number of nitro groups is 1. The maximum atomic E-state index is 13.0. The van der Waals surface area contributed by atoms with Gasteiger partial charge in [-0.05, 0) is 43.0 Å².